The van der Waals surface area contributed by atoms with E-state index in [1.54, 1.807) is 24.3 Å². The highest BCUT2D eigenvalue weighted by Crippen LogP contribution is 2.20. The van der Waals surface area contributed by atoms with E-state index >= 15 is 0 Å². The molecule has 0 atom stereocenters. The lowest BCUT2D eigenvalue weighted by molar-refractivity contribution is 0.000188. The van der Waals surface area contributed by atoms with Crippen molar-refractivity contribution < 1.29 is 14.4 Å². The Balaban J connectivity index is 2.77. The van der Waals surface area contributed by atoms with Gasteiger partial charge in [0.15, 0.2) is 5.78 Å². The first-order chi connectivity index (χ1) is 8.71. The van der Waals surface area contributed by atoms with Crippen molar-refractivity contribution in [3.05, 3.63) is 35.4 Å². The van der Waals surface area contributed by atoms with E-state index in [1.165, 1.54) is 0 Å². The molecule has 1 amide bonds. The van der Waals surface area contributed by atoms with E-state index in [4.69, 9.17) is 4.84 Å². The summed E-state index contributed by atoms with van der Waals surface area (Å²) in [5, 5.41) is 0. The zero-order chi connectivity index (χ0) is 14.6. The Morgan fingerprint density at radius 3 is 1.95 bits per heavy atom. The van der Waals surface area contributed by atoms with E-state index in [9.17, 15) is 9.59 Å². The smallest absolute Gasteiger partial charge is 0.274 e. The van der Waals surface area contributed by atoms with E-state index in [-0.39, 0.29) is 17.8 Å². The van der Waals surface area contributed by atoms with Crippen molar-refractivity contribution >= 4 is 11.7 Å². The summed E-state index contributed by atoms with van der Waals surface area (Å²) >= 11 is 0. The van der Waals surface area contributed by atoms with Crippen molar-refractivity contribution in [1.82, 2.24) is 5.48 Å². The van der Waals surface area contributed by atoms with Gasteiger partial charge in [0.05, 0.1) is 6.10 Å². The van der Waals surface area contributed by atoms with E-state index in [2.05, 4.69) is 5.48 Å². The van der Waals surface area contributed by atoms with Gasteiger partial charge in [-0.15, -0.1) is 0 Å². The quantitative estimate of drug-likeness (QED) is 0.671. The lowest BCUT2D eigenvalue weighted by Crippen LogP contribution is -2.27. The molecule has 0 heterocycles. The molecule has 0 unspecified atom stereocenters. The van der Waals surface area contributed by atoms with Gasteiger partial charge in [0.2, 0.25) is 0 Å². The monoisotopic (exact) mass is 263 g/mol. The second-order valence-electron chi connectivity index (χ2n) is 5.75. The number of ketones is 1. The molecule has 1 N–H and O–H groups in total. The molecule has 1 aromatic carbocycles. The normalized spacial score (nSPS) is 11.5. The van der Waals surface area contributed by atoms with Gasteiger partial charge < -0.3 is 0 Å². The van der Waals surface area contributed by atoms with Crippen LogP contribution in [0.4, 0.5) is 0 Å². The molecule has 19 heavy (non-hydrogen) atoms. The van der Waals surface area contributed by atoms with Crippen LogP contribution in [0, 0.1) is 5.41 Å². The summed E-state index contributed by atoms with van der Waals surface area (Å²) in [6, 6.07) is 6.58. The first-order valence-corrected chi connectivity index (χ1v) is 6.32. The van der Waals surface area contributed by atoms with Crippen LogP contribution in [0.25, 0.3) is 0 Å². The summed E-state index contributed by atoms with van der Waals surface area (Å²) in [6.07, 6.45) is -0.0781. The third-order valence-electron chi connectivity index (χ3n) is 2.48. The Morgan fingerprint density at radius 1 is 1.05 bits per heavy atom. The highest BCUT2D eigenvalue weighted by Gasteiger charge is 2.22. The van der Waals surface area contributed by atoms with Gasteiger partial charge in [-0.05, 0) is 26.0 Å². The number of Topliss-reactive ketones (excluding diaryl/α,β-unsaturated/α-hetero) is 1. The maximum atomic E-state index is 12.0. The molecule has 0 fully saturated rings. The Bertz CT molecular complexity index is 455. The number of rotatable bonds is 4. The maximum absolute atomic E-state index is 12.0. The van der Waals surface area contributed by atoms with Gasteiger partial charge in [-0.3, -0.25) is 14.4 Å². The number of nitrogens with one attached hydrogen (secondary N) is 1. The van der Waals surface area contributed by atoms with E-state index < -0.39 is 5.41 Å². The molecule has 104 valence electrons. The minimum atomic E-state index is -0.426. The van der Waals surface area contributed by atoms with Gasteiger partial charge in [0, 0.05) is 16.5 Å². The van der Waals surface area contributed by atoms with Gasteiger partial charge in [-0.25, -0.2) is 5.48 Å². The maximum Gasteiger partial charge on any atom is 0.274 e. The van der Waals surface area contributed by atoms with Gasteiger partial charge in [-0.1, -0.05) is 32.9 Å². The fourth-order valence-electron chi connectivity index (χ4n) is 1.44. The topological polar surface area (TPSA) is 55.4 Å². The van der Waals surface area contributed by atoms with E-state index in [0.29, 0.717) is 11.1 Å². The molecule has 1 aromatic rings. The van der Waals surface area contributed by atoms with Crippen LogP contribution in [0.2, 0.25) is 0 Å². The average molecular weight is 263 g/mol. The standard InChI is InChI=1S/C15H21NO3/c1-10(2)19-16-14(18)12-8-6-11(7-9-12)13(17)15(3,4)5/h6-10H,1-5H3,(H,16,18). The number of hydrogen-bond donors (Lipinski definition) is 1. The highest BCUT2D eigenvalue weighted by atomic mass is 16.7. The third-order valence-corrected chi connectivity index (χ3v) is 2.48. The molecule has 0 aliphatic rings. The summed E-state index contributed by atoms with van der Waals surface area (Å²) in [6.45, 7) is 9.25. The minimum absolute atomic E-state index is 0.0536. The molecule has 0 saturated carbocycles. The van der Waals surface area contributed by atoms with Crippen molar-refractivity contribution in [2.24, 2.45) is 5.41 Å². The number of benzene rings is 1. The number of carbonyl (C=O) groups is 2. The van der Waals surface area contributed by atoms with Crippen LogP contribution in [0.3, 0.4) is 0 Å². The molecule has 0 aromatic heterocycles. The average Bonchev–Trinajstić information content (AvgIpc) is 2.34. The number of amides is 1. The molecule has 0 spiro atoms. The highest BCUT2D eigenvalue weighted by molar-refractivity contribution is 6.01. The van der Waals surface area contributed by atoms with Crippen molar-refractivity contribution in [3.63, 3.8) is 0 Å². The summed E-state index contributed by atoms with van der Waals surface area (Å²) in [7, 11) is 0. The molecule has 0 radical (unpaired) electrons. The van der Waals surface area contributed by atoms with Crippen molar-refractivity contribution in [2.75, 3.05) is 0 Å². The zero-order valence-electron chi connectivity index (χ0n) is 12.1. The van der Waals surface area contributed by atoms with Crippen LogP contribution in [0.15, 0.2) is 24.3 Å². The molecule has 0 bridgehead atoms. The van der Waals surface area contributed by atoms with Gasteiger partial charge in [0.1, 0.15) is 0 Å². The third kappa shape index (κ3) is 4.48. The summed E-state index contributed by atoms with van der Waals surface area (Å²) < 4.78 is 0. The fraction of sp³-hybridized carbons (Fsp3) is 0.467. The van der Waals surface area contributed by atoms with Crippen LogP contribution < -0.4 is 5.48 Å². The number of hydroxylamine groups is 1. The summed E-state index contributed by atoms with van der Waals surface area (Å²) in [5.41, 5.74) is 3.00. The lowest BCUT2D eigenvalue weighted by atomic mass is 9.86. The zero-order valence-corrected chi connectivity index (χ0v) is 12.1. The largest absolute Gasteiger partial charge is 0.294 e. The molecule has 4 nitrogen and oxygen atoms in total. The number of hydrogen-bond acceptors (Lipinski definition) is 3. The molecular formula is C15H21NO3. The lowest BCUT2D eigenvalue weighted by Gasteiger charge is -2.16. The van der Waals surface area contributed by atoms with Crippen molar-refractivity contribution in [1.29, 1.82) is 0 Å². The predicted octanol–water partition coefficient (Wildman–Crippen LogP) is 2.99. The van der Waals surface area contributed by atoms with Gasteiger partial charge in [-0.2, -0.15) is 0 Å². The molecule has 0 aliphatic carbocycles. The molecular weight excluding hydrogens is 242 g/mol. The van der Waals surface area contributed by atoms with Crippen LogP contribution in [0.5, 0.6) is 0 Å². The van der Waals surface area contributed by atoms with Crippen LogP contribution in [-0.2, 0) is 4.84 Å². The second-order valence-corrected chi connectivity index (χ2v) is 5.75. The molecule has 0 aliphatic heterocycles. The second kappa shape index (κ2) is 5.97. The molecule has 4 heteroatoms. The number of carbonyl (C=O) groups excluding carboxylic acids is 2. The molecule has 1 rings (SSSR count). The van der Waals surface area contributed by atoms with E-state index in [1.807, 2.05) is 34.6 Å². The first kappa shape index (κ1) is 15.4. The van der Waals surface area contributed by atoms with E-state index in [0.717, 1.165) is 0 Å². The SMILES string of the molecule is CC(C)ONC(=O)c1ccc(C(=O)C(C)(C)C)cc1. The summed E-state index contributed by atoms with van der Waals surface area (Å²) in [4.78, 5) is 28.8. The Morgan fingerprint density at radius 2 is 1.53 bits per heavy atom. The first-order valence-electron chi connectivity index (χ1n) is 6.32. The Labute approximate surface area is 114 Å². The van der Waals surface area contributed by atoms with Gasteiger partial charge in [0.25, 0.3) is 5.91 Å². The van der Waals surface area contributed by atoms with Crippen LogP contribution in [-0.4, -0.2) is 17.8 Å². The minimum Gasteiger partial charge on any atom is -0.294 e. The fourth-order valence-corrected chi connectivity index (χ4v) is 1.44. The van der Waals surface area contributed by atoms with Crippen LogP contribution in [0.1, 0.15) is 55.3 Å². The van der Waals surface area contributed by atoms with Gasteiger partial charge >= 0.3 is 0 Å². The van der Waals surface area contributed by atoms with Crippen molar-refractivity contribution in [3.8, 4) is 0 Å². The predicted molar refractivity (Wildman–Crippen MR) is 73.9 cm³/mol. The van der Waals surface area contributed by atoms with Crippen LogP contribution >= 0.6 is 0 Å². The molecule has 0 saturated heterocycles. The Kier molecular flexibility index (Phi) is 4.84. The summed E-state index contributed by atoms with van der Waals surface area (Å²) in [5.74, 6) is -0.263. The Hall–Kier alpha value is -1.68. The van der Waals surface area contributed by atoms with Crippen molar-refractivity contribution in [2.45, 2.75) is 40.7 Å².